The monoisotopic (exact) mass is 231 g/mol. The van der Waals surface area contributed by atoms with Gasteiger partial charge in [-0.2, -0.15) is 4.52 Å². The number of carbonyl (C=O) groups is 1. The van der Waals surface area contributed by atoms with E-state index in [1.165, 1.54) is 0 Å². The van der Waals surface area contributed by atoms with Crippen LogP contribution in [-0.2, 0) is 4.79 Å². The standard InChI is InChI=1S/C11H13N5O/c1-7-14-10-3-5-13-11(16(10)15-7)9-6-8(17)2-4-12-9/h3,5,9,12H,2,4,6H2,1H3. The first-order chi connectivity index (χ1) is 8.24. The predicted molar refractivity (Wildman–Crippen MR) is 60.5 cm³/mol. The van der Waals surface area contributed by atoms with Gasteiger partial charge in [-0.05, 0) is 6.92 Å². The Morgan fingerprint density at radius 3 is 3.24 bits per heavy atom. The van der Waals surface area contributed by atoms with Gasteiger partial charge in [-0.25, -0.2) is 9.97 Å². The third-order valence-corrected chi connectivity index (χ3v) is 2.92. The van der Waals surface area contributed by atoms with Crippen LogP contribution < -0.4 is 5.32 Å². The second-order valence-electron chi connectivity index (χ2n) is 4.23. The third-order valence-electron chi connectivity index (χ3n) is 2.92. The van der Waals surface area contributed by atoms with Crippen molar-refractivity contribution >= 4 is 11.4 Å². The first kappa shape index (κ1) is 10.3. The Bertz CT molecular complexity index is 576. The van der Waals surface area contributed by atoms with E-state index in [-0.39, 0.29) is 11.8 Å². The minimum Gasteiger partial charge on any atom is -0.306 e. The van der Waals surface area contributed by atoms with Crippen molar-refractivity contribution in [1.29, 1.82) is 0 Å². The lowest BCUT2D eigenvalue weighted by atomic mass is 10.0. The molecule has 1 unspecified atom stereocenters. The van der Waals surface area contributed by atoms with Crippen LogP contribution in [0, 0.1) is 6.92 Å². The zero-order valence-electron chi connectivity index (χ0n) is 9.55. The van der Waals surface area contributed by atoms with Gasteiger partial charge in [-0.15, -0.1) is 5.10 Å². The molecule has 1 aliphatic rings. The highest BCUT2D eigenvalue weighted by Gasteiger charge is 2.24. The quantitative estimate of drug-likeness (QED) is 0.770. The van der Waals surface area contributed by atoms with Gasteiger partial charge >= 0.3 is 0 Å². The molecule has 1 fully saturated rings. The maximum atomic E-state index is 11.5. The van der Waals surface area contributed by atoms with Gasteiger partial charge in [0.15, 0.2) is 5.65 Å². The number of aryl methyl sites for hydroxylation is 1. The van der Waals surface area contributed by atoms with Crippen molar-refractivity contribution in [2.24, 2.45) is 0 Å². The molecule has 0 radical (unpaired) electrons. The summed E-state index contributed by atoms with van der Waals surface area (Å²) in [5, 5.41) is 7.60. The molecule has 3 rings (SSSR count). The van der Waals surface area contributed by atoms with Crippen molar-refractivity contribution in [3.05, 3.63) is 23.9 Å². The van der Waals surface area contributed by atoms with Crippen molar-refractivity contribution in [2.75, 3.05) is 6.54 Å². The normalized spacial score (nSPS) is 21.0. The Labute approximate surface area is 98.1 Å². The van der Waals surface area contributed by atoms with Crippen LogP contribution in [0.2, 0.25) is 0 Å². The van der Waals surface area contributed by atoms with Crippen molar-refractivity contribution in [3.8, 4) is 0 Å². The number of rotatable bonds is 1. The molecule has 2 aromatic rings. The first-order valence-electron chi connectivity index (χ1n) is 5.67. The van der Waals surface area contributed by atoms with Gasteiger partial charge in [0, 0.05) is 31.6 Å². The van der Waals surface area contributed by atoms with Crippen LogP contribution in [0.1, 0.15) is 30.5 Å². The molecule has 1 aliphatic heterocycles. The van der Waals surface area contributed by atoms with E-state index in [2.05, 4.69) is 20.4 Å². The molecule has 0 aromatic carbocycles. The summed E-state index contributed by atoms with van der Waals surface area (Å²) < 4.78 is 1.71. The summed E-state index contributed by atoms with van der Waals surface area (Å²) in [5.41, 5.74) is 0.771. The van der Waals surface area contributed by atoms with Crippen LogP contribution in [0.4, 0.5) is 0 Å². The number of nitrogens with one attached hydrogen (secondary N) is 1. The highest BCUT2D eigenvalue weighted by atomic mass is 16.1. The number of fused-ring (bicyclic) bond motifs is 1. The van der Waals surface area contributed by atoms with E-state index in [1.54, 1.807) is 10.7 Å². The summed E-state index contributed by atoms with van der Waals surface area (Å²) in [4.78, 5) is 20.1. The molecule has 1 N–H and O–H groups in total. The maximum absolute atomic E-state index is 11.5. The van der Waals surface area contributed by atoms with Gasteiger partial charge in [-0.3, -0.25) is 4.79 Å². The number of hydrogen-bond acceptors (Lipinski definition) is 5. The molecule has 0 bridgehead atoms. The van der Waals surface area contributed by atoms with E-state index in [0.29, 0.717) is 25.2 Å². The van der Waals surface area contributed by atoms with E-state index < -0.39 is 0 Å². The zero-order valence-corrected chi connectivity index (χ0v) is 9.55. The number of ketones is 1. The first-order valence-corrected chi connectivity index (χ1v) is 5.67. The van der Waals surface area contributed by atoms with Gasteiger partial charge in [0.1, 0.15) is 17.4 Å². The molecule has 0 spiro atoms. The smallest absolute Gasteiger partial charge is 0.159 e. The Morgan fingerprint density at radius 1 is 1.53 bits per heavy atom. The van der Waals surface area contributed by atoms with Gasteiger partial charge in [0.05, 0.1) is 6.04 Å². The fourth-order valence-electron chi connectivity index (χ4n) is 2.15. The Morgan fingerprint density at radius 2 is 2.41 bits per heavy atom. The van der Waals surface area contributed by atoms with Crippen molar-refractivity contribution < 1.29 is 4.79 Å². The van der Waals surface area contributed by atoms with Gasteiger partial charge in [-0.1, -0.05) is 0 Å². The van der Waals surface area contributed by atoms with Gasteiger partial charge < -0.3 is 5.32 Å². The van der Waals surface area contributed by atoms with Crippen LogP contribution in [0.15, 0.2) is 12.3 Å². The largest absolute Gasteiger partial charge is 0.306 e. The summed E-state index contributed by atoms with van der Waals surface area (Å²) in [7, 11) is 0. The minimum atomic E-state index is -0.0546. The van der Waals surface area contributed by atoms with Crippen LogP contribution in [-0.4, -0.2) is 31.9 Å². The Hall–Kier alpha value is -1.82. The lowest BCUT2D eigenvalue weighted by molar-refractivity contribution is -0.120. The SMILES string of the molecule is Cc1nc2ccnc(C3CC(=O)CCN3)n2n1. The van der Waals surface area contributed by atoms with Gasteiger partial charge in [0.25, 0.3) is 0 Å². The number of carbonyl (C=O) groups excluding carboxylic acids is 1. The van der Waals surface area contributed by atoms with Gasteiger partial charge in [0.2, 0.25) is 0 Å². The molecule has 0 amide bonds. The fraction of sp³-hybridized carbons (Fsp3) is 0.455. The second-order valence-corrected chi connectivity index (χ2v) is 4.23. The van der Waals surface area contributed by atoms with E-state index in [0.717, 1.165) is 11.5 Å². The number of Topliss-reactive ketones (excluding diaryl/α,β-unsaturated/α-hetero) is 1. The van der Waals surface area contributed by atoms with Crippen LogP contribution in [0.25, 0.3) is 5.65 Å². The van der Waals surface area contributed by atoms with Crippen LogP contribution in [0.5, 0.6) is 0 Å². The molecular weight excluding hydrogens is 218 g/mol. The molecule has 6 heteroatoms. The summed E-state index contributed by atoms with van der Waals surface area (Å²) >= 11 is 0. The summed E-state index contributed by atoms with van der Waals surface area (Å²) in [5.74, 6) is 1.74. The third kappa shape index (κ3) is 1.80. The maximum Gasteiger partial charge on any atom is 0.159 e. The fourth-order valence-corrected chi connectivity index (χ4v) is 2.15. The molecule has 6 nitrogen and oxygen atoms in total. The Balaban J connectivity index is 2.06. The van der Waals surface area contributed by atoms with E-state index in [4.69, 9.17) is 0 Å². The zero-order chi connectivity index (χ0) is 11.8. The molecule has 1 saturated heterocycles. The molecule has 1 atom stereocenters. The number of piperidine rings is 1. The minimum absolute atomic E-state index is 0.0546. The predicted octanol–water partition coefficient (Wildman–Crippen LogP) is 0.426. The molecule has 17 heavy (non-hydrogen) atoms. The second kappa shape index (κ2) is 3.89. The number of nitrogens with zero attached hydrogens (tertiary/aromatic N) is 4. The highest BCUT2D eigenvalue weighted by molar-refractivity contribution is 5.80. The van der Waals surface area contributed by atoms with Crippen molar-refractivity contribution in [3.63, 3.8) is 0 Å². The topological polar surface area (TPSA) is 72.2 Å². The lowest BCUT2D eigenvalue weighted by Gasteiger charge is -2.22. The molecule has 0 saturated carbocycles. The highest BCUT2D eigenvalue weighted by Crippen LogP contribution is 2.19. The molecule has 3 heterocycles. The van der Waals surface area contributed by atoms with E-state index in [9.17, 15) is 4.79 Å². The molecule has 2 aromatic heterocycles. The van der Waals surface area contributed by atoms with E-state index >= 15 is 0 Å². The average Bonchev–Trinajstić information content (AvgIpc) is 2.68. The Kier molecular flexibility index (Phi) is 2.36. The average molecular weight is 231 g/mol. The van der Waals surface area contributed by atoms with Crippen LogP contribution in [0.3, 0.4) is 0 Å². The molecule has 0 aliphatic carbocycles. The molecular formula is C11H13N5O. The summed E-state index contributed by atoms with van der Waals surface area (Å²) in [6, 6.07) is 1.76. The number of aromatic nitrogens is 4. The number of hydrogen-bond donors (Lipinski definition) is 1. The molecule has 88 valence electrons. The lowest BCUT2D eigenvalue weighted by Crippen LogP contribution is -2.33. The summed E-state index contributed by atoms with van der Waals surface area (Å²) in [6.45, 7) is 2.55. The van der Waals surface area contributed by atoms with E-state index in [1.807, 2.05) is 13.0 Å². The summed E-state index contributed by atoms with van der Waals surface area (Å²) in [6.07, 6.45) is 2.79. The van der Waals surface area contributed by atoms with Crippen molar-refractivity contribution in [2.45, 2.75) is 25.8 Å². The van der Waals surface area contributed by atoms with Crippen LogP contribution >= 0.6 is 0 Å². The van der Waals surface area contributed by atoms with Crippen molar-refractivity contribution in [1.82, 2.24) is 24.9 Å².